The number of aliphatic hydroxyl groups is 1. The van der Waals surface area contributed by atoms with Crippen LogP contribution in [0.4, 0.5) is 5.69 Å². The quantitative estimate of drug-likeness (QED) is 0.481. The van der Waals surface area contributed by atoms with Crippen molar-refractivity contribution in [3.8, 4) is 0 Å². The molecule has 6 heteroatoms. The average Bonchev–Trinajstić information content (AvgIpc) is 2.75. The van der Waals surface area contributed by atoms with Gasteiger partial charge in [0, 0.05) is 18.2 Å². The summed E-state index contributed by atoms with van der Waals surface area (Å²) in [4.78, 5) is 20.7. The number of aliphatic hydroxyl groups excluding tert-OH is 1. The lowest BCUT2D eigenvalue weighted by Gasteiger charge is -2.16. The molecule has 0 unspecified atom stereocenters. The van der Waals surface area contributed by atoms with Gasteiger partial charge in [0.15, 0.2) is 6.10 Å². The second-order valence-electron chi connectivity index (χ2n) is 3.55. The van der Waals surface area contributed by atoms with Gasteiger partial charge < -0.3 is 9.84 Å². The molecule has 2 rings (SSSR count). The van der Waals surface area contributed by atoms with Crippen molar-refractivity contribution in [3.63, 3.8) is 0 Å². The van der Waals surface area contributed by atoms with Crippen molar-refractivity contribution in [2.45, 2.75) is 12.2 Å². The van der Waals surface area contributed by atoms with Gasteiger partial charge in [-0.1, -0.05) is 0 Å². The Morgan fingerprint density at radius 2 is 2.00 bits per heavy atom. The summed E-state index contributed by atoms with van der Waals surface area (Å²) in [5.41, 5.74) is 0.403. The van der Waals surface area contributed by atoms with Gasteiger partial charge in [0.2, 0.25) is 0 Å². The first kappa shape index (κ1) is 11.3. The van der Waals surface area contributed by atoms with Crippen LogP contribution in [0.25, 0.3) is 0 Å². The molecule has 88 valence electrons. The van der Waals surface area contributed by atoms with Gasteiger partial charge in [-0.05, 0) is 23.8 Å². The molecule has 1 aromatic carbocycles. The lowest BCUT2D eigenvalue weighted by molar-refractivity contribution is -0.384. The fraction of sp³-hybridized carbons (Fsp3) is 0.182. The summed E-state index contributed by atoms with van der Waals surface area (Å²) in [6.07, 6.45) is 0.940. The molecule has 17 heavy (non-hydrogen) atoms. The zero-order chi connectivity index (χ0) is 12.4. The maximum absolute atomic E-state index is 10.8. The molecule has 1 aromatic rings. The van der Waals surface area contributed by atoms with Gasteiger partial charge in [-0.3, -0.25) is 10.1 Å². The largest absolute Gasteiger partial charge is 0.452 e. The minimum atomic E-state index is -1.02. The van der Waals surface area contributed by atoms with Crippen LogP contribution in [0, 0.1) is 10.1 Å². The third-order valence-electron chi connectivity index (χ3n) is 2.43. The fourth-order valence-electron chi connectivity index (χ4n) is 1.54. The second-order valence-corrected chi connectivity index (χ2v) is 3.55. The van der Waals surface area contributed by atoms with E-state index in [1.54, 1.807) is 0 Å². The van der Waals surface area contributed by atoms with E-state index >= 15 is 0 Å². The Labute approximate surface area is 96.3 Å². The number of carbonyl (C=O) groups excluding carboxylic acids is 1. The molecule has 1 N–H and O–H groups in total. The van der Waals surface area contributed by atoms with Crippen molar-refractivity contribution in [3.05, 3.63) is 52.1 Å². The molecule has 0 aliphatic carbocycles. The van der Waals surface area contributed by atoms with Crippen LogP contribution in [0.3, 0.4) is 0 Å². The number of cyclic esters (lactones) is 1. The van der Waals surface area contributed by atoms with Gasteiger partial charge in [-0.2, -0.15) is 0 Å². The zero-order valence-corrected chi connectivity index (χ0v) is 8.65. The summed E-state index contributed by atoms with van der Waals surface area (Å²) in [5, 5.41) is 20.3. The molecular formula is C11H9NO5. The second kappa shape index (κ2) is 4.34. The van der Waals surface area contributed by atoms with Gasteiger partial charge in [0.05, 0.1) is 4.92 Å². The van der Waals surface area contributed by atoms with E-state index in [1.165, 1.54) is 36.4 Å². The molecule has 1 aliphatic heterocycles. The highest BCUT2D eigenvalue weighted by atomic mass is 16.6. The highest BCUT2D eigenvalue weighted by molar-refractivity contribution is 5.84. The highest BCUT2D eigenvalue weighted by Crippen LogP contribution is 2.24. The predicted octanol–water partition coefficient (Wildman–Crippen LogP) is 1.11. The maximum Gasteiger partial charge on any atom is 0.331 e. The number of rotatable bonds is 3. The van der Waals surface area contributed by atoms with Crippen LogP contribution < -0.4 is 0 Å². The number of nitro benzene ring substituents is 1. The van der Waals surface area contributed by atoms with Crippen LogP contribution >= 0.6 is 0 Å². The number of non-ortho nitro benzene ring substituents is 1. The van der Waals surface area contributed by atoms with Gasteiger partial charge in [-0.25, -0.2) is 4.79 Å². The first-order valence-electron chi connectivity index (χ1n) is 4.89. The number of esters is 1. The average molecular weight is 235 g/mol. The van der Waals surface area contributed by atoms with Crippen LogP contribution in [-0.2, 0) is 9.53 Å². The topological polar surface area (TPSA) is 89.7 Å². The molecule has 0 amide bonds. The zero-order valence-electron chi connectivity index (χ0n) is 8.65. The van der Waals surface area contributed by atoms with E-state index in [-0.39, 0.29) is 5.69 Å². The van der Waals surface area contributed by atoms with Gasteiger partial charge in [0.25, 0.3) is 5.69 Å². The summed E-state index contributed by atoms with van der Waals surface area (Å²) in [6.45, 7) is 0. The molecule has 0 saturated heterocycles. The molecule has 6 nitrogen and oxygen atoms in total. The van der Waals surface area contributed by atoms with E-state index in [0.29, 0.717) is 5.56 Å². The molecular weight excluding hydrogens is 226 g/mol. The molecule has 0 bridgehead atoms. The summed E-state index contributed by atoms with van der Waals surface area (Å²) in [5.74, 6) is -0.504. The van der Waals surface area contributed by atoms with E-state index in [2.05, 4.69) is 0 Å². The maximum atomic E-state index is 10.8. The van der Waals surface area contributed by atoms with E-state index in [0.717, 1.165) is 0 Å². The van der Waals surface area contributed by atoms with Crippen LogP contribution in [-0.4, -0.2) is 22.1 Å². The number of hydrogen-bond acceptors (Lipinski definition) is 5. The SMILES string of the molecule is O=C1C=C[C@@H]([C@@H](O)c2ccc([N+](=O)[O-])cc2)O1. The molecule has 0 fully saturated rings. The van der Waals surface area contributed by atoms with Crippen molar-refractivity contribution in [1.82, 2.24) is 0 Å². The number of hydrogen-bond donors (Lipinski definition) is 1. The lowest BCUT2D eigenvalue weighted by Crippen LogP contribution is -2.18. The minimum absolute atomic E-state index is 0.0556. The van der Waals surface area contributed by atoms with E-state index in [1.807, 2.05) is 0 Å². The van der Waals surface area contributed by atoms with E-state index in [4.69, 9.17) is 4.74 Å². The Morgan fingerprint density at radius 3 is 2.47 bits per heavy atom. The van der Waals surface area contributed by atoms with Crippen LogP contribution in [0.5, 0.6) is 0 Å². The van der Waals surface area contributed by atoms with Crippen LogP contribution in [0.1, 0.15) is 11.7 Å². The van der Waals surface area contributed by atoms with Crippen molar-refractivity contribution < 1.29 is 19.6 Å². The summed E-state index contributed by atoms with van der Waals surface area (Å²) in [6, 6.07) is 5.45. The van der Waals surface area contributed by atoms with Crippen molar-refractivity contribution in [2.24, 2.45) is 0 Å². The molecule has 1 heterocycles. The monoisotopic (exact) mass is 235 g/mol. The number of carbonyl (C=O) groups is 1. The summed E-state index contributed by atoms with van der Waals surface area (Å²) in [7, 11) is 0. The Morgan fingerprint density at radius 1 is 1.35 bits per heavy atom. The third-order valence-corrected chi connectivity index (χ3v) is 2.43. The number of benzene rings is 1. The van der Waals surface area contributed by atoms with Crippen molar-refractivity contribution in [1.29, 1.82) is 0 Å². The standard InChI is InChI=1S/C11H9NO5/c13-10-6-5-9(17-10)11(14)7-1-3-8(4-2-7)12(15)16/h1-6,9,11,14H/t9-,11-/m0/s1. The number of nitrogens with zero attached hydrogens (tertiary/aromatic N) is 1. The first-order valence-corrected chi connectivity index (χ1v) is 4.89. The number of nitro groups is 1. The van der Waals surface area contributed by atoms with Crippen LogP contribution in [0.15, 0.2) is 36.4 Å². The smallest absolute Gasteiger partial charge is 0.331 e. The van der Waals surface area contributed by atoms with Gasteiger partial charge >= 0.3 is 5.97 Å². The van der Waals surface area contributed by atoms with E-state index in [9.17, 15) is 20.0 Å². The van der Waals surface area contributed by atoms with E-state index < -0.39 is 23.1 Å². The molecule has 0 spiro atoms. The Kier molecular flexibility index (Phi) is 2.88. The summed E-state index contributed by atoms with van der Waals surface area (Å²) >= 11 is 0. The van der Waals surface area contributed by atoms with Gasteiger partial charge in [-0.15, -0.1) is 0 Å². The predicted molar refractivity (Wildman–Crippen MR) is 57.1 cm³/mol. The number of ether oxygens (including phenoxy) is 1. The molecule has 2 atom stereocenters. The van der Waals surface area contributed by atoms with Crippen molar-refractivity contribution in [2.75, 3.05) is 0 Å². The third kappa shape index (κ3) is 2.31. The highest BCUT2D eigenvalue weighted by Gasteiger charge is 2.26. The Balaban J connectivity index is 2.14. The Bertz CT molecular complexity index is 479. The molecule has 0 aromatic heterocycles. The van der Waals surface area contributed by atoms with Crippen LogP contribution in [0.2, 0.25) is 0 Å². The first-order chi connectivity index (χ1) is 8.08. The van der Waals surface area contributed by atoms with Crippen molar-refractivity contribution >= 4 is 11.7 Å². The fourth-order valence-corrected chi connectivity index (χ4v) is 1.54. The lowest BCUT2D eigenvalue weighted by atomic mass is 10.0. The molecule has 0 radical (unpaired) electrons. The minimum Gasteiger partial charge on any atom is -0.452 e. The molecule has 1 aliphatic rings. The summed E-state index contributed by atoms with van der Waals surface area (Å²) < 4.78 is 4.82. The van der Waals surface area contributed by atoms with Gasteiger partial charge in [0.1, 0.15) is 6.10 Å². The Hall–Kier alpha value is -2.21. The molecule has 0 saturated carbocycles. The normalized spacial score (nSPS) is 20.1.